The first-order valence-corrected chi connectivity index (χ1v) is 6.58. The maximum Gasteiger partial charge on any atom is 0.154 e. The fourth-order valence-corrected chi connectivity index (χ4v) is 2.39. The number of nitrogens with zero attached hydrogens (tertiary/aromatic N) is 1. The van der Waals surface area contributed by atoms with Crippen LogP contribution < -0.4 is 0 Å². The van der Waals surface area contributed by atoms with E-state index in [-0.39, 0.29) is 5.78 Å². The van der Waals surface area contributed by atoms with Gasteiger partial charge in [0.1, 0.15) is 5.41 Å². The van der Waals surface area contributed by atoms with Crippen molar-refractivity contribution in [3.8, 4) is 6.07 Å². The van der Waals surface area contributed by atoms with Crippen molar-refractivity contribution in [3.63, 3.8) is 0 Å². The van der Waals surface area contributed by atoms with Crippen LogP contribution in [0.4, 0.5) is 0 Å². The number of carbonyl (C=O) groups excluding carboxylic acids is 1. The summed E-state index contributed by atoms with van der Waals surface area (Å²) in [4.78, 5) is 12.0. The number of ketones is 1. The van der Waals surface area contributed by atoms with Gasteiger partial charge in [-0.2, -0.15) is 5.26 Å². The Morgan fingerprint density at radius 3 is 2.22 bits per heavy atom. The molecule has 2 heteroatoms. The molecule has 0 heterocycles. The van der Waals surface area contributed by atoms with Gasteiger partial charge in [0, 0.05) is 0 Å². The van der Waals surface area contributed by atoms with Crippen LogP contribution in [0.3, 0.4) is 0 Å². The van der Waals surface area contributed by atoms with Crippen LogP contribution in [0.2, 0.25) is 0 Å². The van der Waals surface area contributed by atoms with Gasteiger partial charge in [-0.05, 0) is 24.8 Å². The first kappa shape index (κ1) is 14.4. The third-order valence-electron chi connectivity index (χ3n) is 3.81. The van der Waals surface area contributed by atoms with Crippen LogP contribution in [0.5, 0.6) is 0 Å². The average molecular weight is 243 g/mol. The predicted octanol–water partition coefficient (Wildman–Crippen LogP) is 3.86. The fraction of sp³-hybridized carbons (Fsp3) is 0.500. The topological polar surface area (TPSA) is 40.9 Å². The Morgan fingerprint density at radius 2 is 1.83 bits per heavy atom. The van der Waals surface area contributed by atoms with Gasteiger partial charge in [0.05, 0.1) is 6.07 Å². The number of hydrogen-bond donors (Lipinski definition) is 0. The van der Waals surface area contributed by atoms with Crippen LogP contribution >= 0.6 is 0 Å². The molecular formula is C16H21NO. The minimum atomic E-state index is -0.974. The highest BCUT2D eigenvalue weighted by Gasteiger charge is 2.39. The predicted molar refractivity (Wildman–Crippen MR) is 73.1 cm³/mol. The molecule has 1 aromatic carbocycles. The molecule has 0 aliphatic carbocycles. The zero-order valence-corrected chi connectivity index (χ0v) is 11.4. The Balaban J connectivity index is 3.19. The summed E-state index contributed by atoms with van der Waals surface area (Å²) >= 11 is 0. The standard InChI is InChI=1S/C16H21NO/c1-4-14(5-2)11-16(12-17,13(3)18)15-9-7-6-8-10-15/h6-10,14H,4-5,11H2,1-3H3. The Morgan fingerprint density at radius 1 is 1.28 bits per heavy atom. The Hall–Kier alpha value is -1.62. The molecule has 2 nitrogen and oxygen atoms in total. The molecule has 0 spiro atoms. The molecule has 0 amide bonds. The van der Waals surface area contributed by atoms with E-state index in [4.69, 9.17) is 0 Å². The summed E-state index contributed by atoms with van der Waals surface area (Å²) in [6.45, 7) is 5.75. The summed E-state index contributed by atoms with van der Waals surface area (Å²) in [5.74, 6) is 0.358. The Kier molecular flexibility index (Phi) is 5.09. The Labute approximate surface area is 110 Å². The fourth-order valence-electron chi connectivity index (χ4n) is 2.39. The van der Waals surface area contributed by atoms with Crippen molar-refractivity contribution in [2.75, 3.05) is 0 Å². The number of carbonyl (C=O) groups is 1. The zero-order valence-electron chi connectivity index (χ0n) is 11.4. The molecule has 0 radical (unpaired) electrons. The summed E-state index contributed by atoms with van der Waals surface area (Å²) in [7, 11) is 0. The van der Waals surface area contributed by atoms with Gasteiger partial charge >= 0.3 is 0 Å². The molecule has 0 aliphatic rings. The Bertz CT molecular complexity index is 428. The lowest BCUT2D eigenvalue weighted by atomic mass is 9.71. The lowest BCUT2D eigenvalue weighted by Crippen LogP contribution is -2.34. The molecule has 0 fully saturated rings. The number of benzene rings is 1. The molecule has 1 atom stereocenters. The molecule has 1 unspecified atom stereocenters. The number of rotatable bonds is 6. The normalized spacial score (nSPS) is 13.9. The maximum absolute atomic E-state index is 12.0. The van der Waals surface area contributed by atoms with Crippen LogP contribution in [0.15, 0.2) is 30.3 Å². The van der Waals surface area contributed by atoms with Crippen LogP contribution in [-0.4, -0.2) is 5.78 Å². The van der Waals surface area contributed by atoms with E-state index in [1.54, 1.807) is 0 Å². The van der Waals surface area contributed by atoms with E-state index in [1.807, 2.05) is 30.3 Å². The quantitative estimate of drug-likeness (QED) is 0.761. The van der Waals surface area contributed by atoms with Crippen molar-refractivity contribution < 1.29 is 4.79 Å². The van der Waals surface area contributed by atoms with Gasteiger partial charge < -0.3 is 0 Å². The van der Waals surface area contributed by atoms with Crippen LogP contribution in [0.1, 0.15) is 45.6 Å². The highest BCUT2D eigenvalue weighted by atomic mass is 16.1. The molecule has 18 heavy (non-hydrogen) atoms. The number of hydrogen-bond acceptors (Lipinski definition) is 2. The molecule has 0 saturated heterocycles. The van der Waals surface area contributed by atoms with Gasteiger partial charge in [0.25, 0.3) is 0 Å². The van der Waals surface area contributed by atoms with Gasteiger partial charge in [-0.1, -0.05) is 57.0 Å². The minimum Gasteiger partial charge on any atom is -0.298 e. The maximum atomic E-state index is 12.0. The molecule has 0 saturated carbocycles. The van der Waals surface area contributed by atoms with Crippen LogP contribution in [0.25, 0.3) is 0 Å². The lowest BCUT2D eigenvalue weighted by molar-refractivity contribution is -0.121. The summed E-state index contributed by atoms with van der Waals surface area (Å²) in [6, 6.07) is 11.7. The van der Waals surface area contributed by atoms with Gasteiger partial charge in [0.15, 0.2) is 5.78 Å². The lowest BCUT2D eigenvalue weighted by Gasteiger charge is -2.28. The first-order valence-electron chi connectivity index (χ1n) is 6.58. The molecule has 1 rings (SSSR count). The van der Waals surface area contributed by atoms with E-state index < -0.39 is 5.41 Å². The molecule has 0 aromatic heterocycles. The van der Waals surface area contributed by atoms with E-state index >= 15 is 0 Å². The average Bonchev–Trinajstić information content (AvgIpc) is 2.41. The second kappa shape index (κ2) is 6.35. The van der Waals surface area contributed by atoms with Crippen molar-refractivity contribution in [3.05, 3.63) is 35.9 Å². The van der Waals surface area contributed by atoms with Crippen molar-refractivity contribution in [2.45, 2.75) is 45.4 Å². The van der Waals surface area contributed by atoms with E-state index in [2.05, 4.69) is 19.9 Å². The number of nitriles is 1. The zero-order chi connectivity index (χ0) is 13.6. The van der Waals surface area contributed by atoms with Crippen molar-refractivity contribution in [1.82, 2.24) is 0 Å². The molecule has 1 aromatic rings. The monoisotopic (exact) mass is 243 g/mol. The summed E-state index contributed by atoms with van der Waals surface area (Å²) in [6.07, 6.45) is 2.62. The summed E-state index contributed by atoms with van der Waals surface area (Å²) in [5, 5.41) is 9.57. The van der Waals surface area contributed by atoms with Gasteiger partial charge in [0.2, 0.25) is 0 Å². The van der Waals surface area contributed by atoms with Crippen molar-refractivity contribution >= 4 is 5.78 Å². The molecule has 0 bridgehead atoms. The highest BCUT2D eigenvalue weighted by molar-refractivity contribution is 5.91. The molecule has 0 aliphatic heterocycles. The van der Waals surface area contributed by atoms with Crippen molar-refractivity contribution in [2.24, 2.45) is 5.92 Å². The van der Waals surface area contributed by atoms with Gasteiger partial charge in [-0.3, -0.25) is 4.79 Å². The second-order valence-corrected chi connectivity index (χ2v) is 4.83. The van der Waals surface area contributed by atoms with E-state index in [1.165, 1.54) is 6.92 Å². The smallest absolute Gasteiger partial charge is 0.154 e. The summed E-state index contributed by atoms with van der Waals surface area (Å²) < 4.78 is 0. The SMILES string of the molecule is CCC(CC)CC(C#N)(C(C)=O)c1ccccc1. The third-order valence-corrected chi connectivity index (χ3v) is 3.81. The van der Waals surface area contributed by atoms with E-state index in [9.17, 15) is 10.1 Å². The third kappa shape index (κ3) is 2.79. The summed E-state index contributed by atoms with van der Waals surface area (Å²) in [5.41, 5.74) is -0.148. The van der Waals surface area contributed by atoms with E-state index in [0.717, 1.165) is 18.4 Å². The van der Waals surface area contributed by atoms with E-state index in [0.29, 0.717) is 12.3 Å². The minimum absolute atomic E-state index is 0.0527. The van der Waals surface area contributed by atoms with Crippen LogP contribution in [-0.2, 0) is 10.2 Å². The first-order chi connectivity index (χ1) is 8.60. The molecule has 96 valence electrons. The number of Topliss-reactive ketones (excluding diaryl/α,β-unsaturated/α-hetero) is 1. The van der Waals surface area contributed by atoms with Crippen molar-refractivity contribution in [1.29, 1.82) is 5.26 Å². The second-order valence-electron chi connectivity index (χ2n) is 4.83. The van der Waals surface area contributed by atoms with Gasteiger partial charge in [-0.25, -0.2) is 0 Å². The highest BCUT2D eigenvalue weighted by Crippen LogP contribution is 2.34. The van der Waals surface area contributed by atoms with Gasteiger partial charge in [-0.15, -0.1) is 0 Å². The largest absolute Gasteiger partial charge is 0.298 e. The molecule has 0 N–H and O–H groups in total. The molecular weight excluding hydrogens is 222 g/mol. The van der Waals surface area contributed by atoms with Crippen LogP contribution in [0, 0.1) is 17.2 Å².